The molecule has 0 aliphatic carbocycles. The number of hydrogen-bond acceptors (Lipinski definition) is 3. The van der Waals surface area contributed by atoms with Gasteiger partial charge in [-0.2, -0.15) is 0 Å². The van der Waals surface area contributed by atoms with E-state index < -0.39 is 0 Å². The molecule has 0 atom stereocenters. The Hall–Kier alpha value is -2.15. The van der Waals surface area contributed by atoms with Crippen molar-refractivity contribution >= 4 is 49.0 Å². The fourth-order valence-corrected chi connectivity index (χ4v) is 3.07. The normalized spacial score (nSPS) is 14.1. The van der Waals surface area contributed by atoms with Crippen LogP contribution in [0.15, 0.2) is 52.7 Å². The van der Waals surface area contributed by atoms with Crippen molar-refractivity contribution in [2.24, 2.45) is 10.2 Å². The van der Waals surface area contributed by atoms with E-state index in [9.17, 15) is 5.11 Å². The molecule has 0 amide bonds. The Bertz CT molecular complexity index is 1020. The summed E-state index contributed by atoms with van der Waals surface area (Å²) in [5, 5.41) is 21.3. The molecule has 1 aromatic heterocycles. The van der Waals surface area contributed by atoms with Gasteiger partial charge in [-0.3, -0.25) is 0 Å². The van der Waals surface area contributed by atoms with E-state index in [-0.39, 0.29) is 5.88 Å². The van der Waals surface area contributed by atoms with Crippen LogP contribution in [0.3, 0.4) is 0 Å². The largest absolute Gasteiger partial charge is 0.494 e. The van der Waals surface area contributed by atoms with Crippen molar-refractivity contribution in [1.29, 1.82) is 0 Å². The fraction of sp³-hybridized carbons (Fsp3) is 0. The fourth-order valence-electron chi connectivity index (χ4n) is 2.51. The van der Waals surface area contributed by atoms with Gasteiger partial charge in [0.05, 0.1) is 5.69 Å². The van der Waals surface area contributed by atoms with Crippen LogP contribution >= 0.6 is 22.6 Å². The maximum atomic E-state index is 10.1. The van der Waals surface area contributed by atoms with E-state index in [0.717, 1.165) is 36.3 Å². The summed E-state index contributed by atoms with van der Waals surface area (Å²) in [6.07, 6.45) is 1.95. The van der Waals surface area contributed by atoms with Crippen LogP contribution in [0.1, 0.15) is 5.56 Å². The van der Waals surface area contributed by atoms with Crippen LogP contribution in [0.4, 0.5) is 5.69 Å². The van der Waals surface area contributed by atoms with Gasteiger partial charge < -0.3 is 10.1 Å². The van der Waals surface area contributed by atoms with Gasteiger partial charge in [-0.05, 0) is 52.1 Å². The van der Waals surface area contributed by atoms with Gasteiger partial charge in [0.2, 0.25) is 0 Å². The second kappa shape index (κ2) is 4.70. The van der Waals surface area contributed by atoms with Crippen molar-refractivity contribution < 1.29 is 5.11 Å². The quantitative estimate of drug-likeness (QED) is 0.489. The van der Waals surface area contributed by atoms with Crippen LogP contribution in [-0.4, -0.2) is 10.1 Å². The van der Waals surface area contributed by atoms with Crippen molar-refractivity contribution in [3.05, 3.63) is 58.5 Å². The van der Waals surface area contributed by atoms with E-state index in [1.807, 2.05) is 48.5 Å². The molecule has 21 heavy (non-hydrogen) atoms. The highest BCUT2D eigenvalue weighted by Gasteiger charge is 2.08. The number of aromatic amines is 1. The lowest BCUT2D eigenvalue weighted by Crippen LogP contribution is -2.07. The summed E-state index contributed by atoms with van der Waals surface area (Å²) in [4.78, 5) is 2.98. The van der Waals surface area contributed by atoms with Gasteiger partial charge in [0, 0.05) is 21.7 Å². The van der Waals surface area contributed by atoms with E-state index in [0.29, 0.717) is 0 Å². The van der Waals surface area contributed by atoms with E-state index in [1.54, 1.807) is 0 Å². The second-order valence-corrected chi connectivity index (χ2v) is 5.87. The molecule has 2 aromatic carbocycles. The minimum absolute atomic E-state index is 0.180. The summed E-state index contributed by atoms with van der Waals surface area (Å²) in [5.41, 5.74) is 2.58. The average Bonchev–Trinajstić information content (AvgIpc) is 3.01. The standard InChI is InChI=1S/C16H10IN3O/c17-15-11-6-5-9(8-14(11)19-20-15)7-12-10-3-1-2-4-13(10)18-16(12)21/h1-8,18,21H. The summed E-state index contributed by atoms with van der Waals surface area (Å²) in [7, 11) is 0. The smallest absolute Gasteiger partial charge is 0.196 e. The Balaban J connectivity index is 1.96. The van der Waals surface area contributed by atoms with Crippen LogP contribution in [0.5, 0.6) is 5.88 Å². The topological polar surface area (TPSA) is 60.7 Å². The first-order valence-electron chi connectivity index (χ1n) is 6.45. The number of H-pyrrole nitrogens is 1. The molecule has 102 valence electrons. The molecular weight excluding hydrogens is 377 g/mol. The lowest BCUT2D eigenvalue weighted by molar-refractivity contribution is 0.457. The highest BCUT2D eigenvalue weighted by molar-refractivity contribution is 14.1. The molecule has 1 aliphatic rings. The SMILES string of the molecule is Oc1[nH]c2ccccc2c1C=c1ccc2c(c1)N=NC=2I. The second-order valence-electron chi connectivity index (χ2n) is 4.84. The number of rotatable bonds is 1. The average molecular weight is 387 g/mol. The zero-order valence-corrected chi connectivity index (χ0v) is 13.0. The number of para-hydroxylation sites is 1. The highest BCUT2D eigenvalue weighted by Crippen LogP contribution is 2.27. The number of nitrogens with zero attached hydrogens (tertiary/aromatic N) is 2. The molecule has 4 rings (SSSR count). The summed E-state index contributed by atoms with van der Waals surface area (Å²) in [5.74, 6) is 0.180. The molecule has 0 fully saturated rings. The Morgan fingerprint density at radius 3 is 2.86 bits per heavy atom. The third-order valence-corrected chi connectivity index (χ3v) is 4.32. The van der Waals surface area contributed by atoms with E-state index in [1.165, 1.54) is 0 Å². The number of fused-ring (bicyclic) bond motifs is 2. The molecule has 3 aromatic rings. The van der Waals surface area contributed by atoms with E-state index in [4.69, 9.17) is 0 Å². The lowest BCUT2D eigenvalue weighted by Gasteiger charge is -1.94. The predicted octanol–water partition coefficient (Wildman–Crippen LogP) is 3.30. The third kappa shape index (κ3) is 2.04. The van der Waals surface area contributed by atoms with Crippen molar-refractivity contribution in [2.45, 2.75) is 0 Å². The molecule has 4 nitrogen and oxygen atoms in total. The van der Waals surface area contributed by atoms with Crippen molar-refractivity contribution in [1.82, 2.24) is 4.98 Å². The number of halogens is 1. The van der Waals surface area contributed by atoms with Gasteiger partial charge in [-0.25, -0.2) is 0 Å². The number of azo groups is 1. The molecule has 0 saturated carbocycles. The molecule has 0 radical (unpaired) electrons. The van der Waals surface area contributed by atoms with E-state index in [2.05, 4.69) is 37.8 Å². The Kier molecular flexibility index (Phi) is 2.81. The monoisotopic (exact) mass is 387 g/mol. The third-order valence-electron chi connectivity index (χ3n) is 3.53. The van der Waals surface area contributed by atoms with Gasteiger partial charge in [0.25, 0.3) is 0 Å². The van der Waals surface area contributed by atoms with Crippen LogP contribution in [0.2, 0.25) is 0 Å². The zero-order valence-electron chi connectivity index (χ0n) is 10.8. The number of aromatic hydroxyl groups is 1. The Morgan fingerprint density at radius 2 is 1.95 bits per heavy atom. The summed E-state index contributed by atoms with van der Waals surface area (Å²) < 4.78 is 0.907. The Morgan fingerprint density at radius 1 is 1.10 bits per heavy atom. The summed E-state index contributed by atoms with van der Waals surface area (Å²) >= 11 is 2.18. The van der Waals surface area contributed by atoms with Crippen LogP contribution in [0.25, 0.3) is 20.7 Å². The maximum absolute atomic E-state index is 10.1. The number of aromatic nitrogens is 1. The minimum Gasteiger partial charge on any atom is -0.494 e. The van der Waals surface area contributed by atoms with Gasteiger partial charge in [-0.1, -0.05) is 24.3 Å². The number of hydrogen-bond donors (Lipinski definition) is 2. The molecule has 2 N–H and O–H groups in total. The molecule has 0 saturated heterocycles. The molecule has 5 heteroatoms. The number of nitrogens with one attached hydrogen (secondary N) is 1. The maximum Gasteiger partial charge on any atom is 0.196 e. The van der Waals surface area contributed by atoms with Crippen LogP contribution < -0.4 is 10.4 Å². The minimum atomic E-state index is 0.180. The van der Waals surface area contributed by atoms with Gasteiger partial charge in [-0.15, -0.1) is 10.2 Å². The van der Waals surface area contributed by atoms with Crippen molar-refractivity contribution in [3.8, 4) is 5.88 Å². The molecule has 0 unspecified atom stereocenters. The Labute approximate surface area is 133 Å². The molecule has 0 bridgehead atoms. The first-order chi connectivity index (χ1) is 10.2. The predicted molar refractivity (Wildman–Crippen MR) is 91.2 cm³/mol. The van der Waals surface area contributed by atoms with Gasteiger partial charge in [0.1, 0.15) is 3.70 Å². The van der Waals surface area contributed by atoms with Crippen LogP contribution in [0, 0.1) is 0 Å². The van der Waals surface area contributed by atoms with Gasteiger partial charge in [0.15, 0.2) is 5.88 Å². The van der Waals surface area contributed by atoms with Crippen molar-refractivity contribution in [2.75, 3.05) is 0 Å². The molecule has 1 aliphatic heterocycles. The van der Waals surface area contributed by atoms with Crippen molar-refractivity contribution in [3.63, 3.8) is 0 Å². The first-order valence-corrected chi connectivity index (χ1v) is 7.53. The van der Waals surface area contributed by atoms with Gasteiger partial charge >= 0.3 is 0 Å². The molecule has 2 heterocycles. The first kappa shape index (κ1) is 12.6. The molecule has 0 spiro atoms. The van der Waals surface area contributed by atoms with Crippen LogP contribution in [-0.2, 0) is 0 Å². The zero-order chi connectivity index (χ0) is 14.4. The molecular formula is C16H10IN3O. The number of benzene rings is 2. The highest BCUT2D eigenvalue weighted by atomic mass is 127. The summed E-state index contributed by atoms with van der Waals surface area (Å²) in [6, 6.07) is 13.8. The lowest BCUT2D eigenvalue weighted by atomic mass is 10.1. The summed E-state index contributed by atoms with van der Waals surface area (Å²) in [6.45, 7) is 0. The van der Waals surface area contributed by atoms with E-state index >= 15 is 0 Å².